The van der Waals surface area contributed by atoms with Gasteiger partial charge in [0, 0.05) is 88.0 Å². The smallest absolute Gasteiger partial charge is 0.319 e. The highest BCUT2D eigenvalue weighted by Crippen LogP contribution is 2.61. The minimum atomic E-state index is -2.94. The van der Waals surface area contributed by atoms with Crippen molar-refractivity contribution in [2.75, 3.05) is 64.5 Å². The lowest BCUT2D eigenvalue weighted by atomic mass is 9.91. The first-order chi connectivity index (χ1) is 26.4. The van der Waals surface area contributed by atoms with E-state index >= 15 is 17.6 Å². The molecule has 55 heavy (non-hydrogen) atoms. The van der Waals surface area contributed by atoms with Crippen molar-refractivity contribution >= 4 is 38.4 Å². The molecule has 0 radical (unpaired) electrons. The van der Waals surface area contributed by atoms with Gasteiger partial charge in [-0.3, -0.25) is 9.58 Å². The van der Waals surface area contributed by atoms with E-state index in [9.17, 15) is 5.11 Å². The zero-order chi connectivity index (χ0) is 38.8. The topological polar surface area (TPSA) is 92.0 Å². The lowest BCUT2D eigenvalue weighted by Gasteiger charge is -2.42. The van der Waals surface area contributed by atoms with E-state index in [-0.39, 0.29) is 76.5 Å². The Labute approximate surface area is 317 Å². The summed E-state index contributed by atoms with van der Waals surface area (Å²) in [6.07, 6.45) is 9.90. The third-order valence-electron chi connectivity index (χ3n) is 11.8. The van der Waals surface area contributed by atoms with Crippen molar-refractivity contribution in [1.29, 1.82) is 0 Å². The van der Waals surface area contributed by atoms with Gasteiger partial charge in [-0.25, -0.2) is 17.6 Å². The number of nitrogens with zero attached hydrogens (tertiary/aromatic N) is 7. The monoisotopic (exact) mass is 759 g/mol. The van der Waals surface area contributed by atoms with Crippen molar-refractivity contribution < 1.29 is 32.1 Å². The molecule has 2 saturated heterocycles. The molecule has 1 N–H and O–H groups in total. The van der Waals surface area contributed by atoms with Crippen LogP contribution in [0.25, 0.3) is 43.7 Å². The molecule has 2 aromatic heterocycles. The number of piperazine rings is 1. The summed E-state index contributed by atoms with van der Waals surface area (Å²) in [5.74, 6) is -1.75. The standard InChI is InChI=1S/C41H45F4N7O3/c1-6-28-31(42)13-10-24-16-27(53)17-29(32(24)28)33-35(43)37-34(30-20-49(4)48-36(30)33)38(52-25-11-12-26(52)19-51(18-25)14-9-15-54-5)47-39(46-37)55-23-40(21-41(40,44)45)22-50(7-2)8-3/h1,10,13,16-17,20,25-26,53H,7-9,11-12,14-15,18-19,21-23H2,2-5H3/t25?,26?,40-/m1/s1. The molecule has 3 aromatic carbocycles. The summed E-state index contributed by atoms with van der Waals surface area (Å²) in [4.78, 5) is 16.2. The lowest BCUT2D eigenvalue weighted by molar-refractivity contribution is 0.0235. The molecule has 5 aromatic rings. The van der Waals surface area contributed by atoms with Gasteiger partial charge in [-0.05, 0) is 61.5 Å². The second-order valence-corrected chi connectivity index (χ2v) is 15.3. The molecule has 290 valence electrons. The average Bonchev–Trinajstić information content (AvgIpc) is 3.34. The molecule has 0 spiro atoms. The van der Waals surface area contributed by atoms with Crippen LogP contribution in [0.4, 0.5) is 23.4 Å². The number of aromatic hydroxyl groups is 1. The van der Waals surface area contributed by atoms with Gasteiger partial charge in [-0.1, -0.05) is 25.8 Å². The third kappa shape index (κ3) is 6.30. The summed E-state index contributed by atoms with van der Waals surface area (Å²) in [5.41, 5.74) is -1.29. The number of likely N-dealkylation sites (tertiary alicyclic amines) is 1. The molecule has 2 bridgehead atoms. The zero-order valence-corrected chi connectivity index (χ0v) is 31.5. The summed E-state index contributed by atoms with van der Waals surface area (Å²) in [7, 11) is 3.41. The second-order valence-electron chi connectivity index (χ2n) is 15.3. The normalized spacial score (nSPS) is 22.0. The Morgan fingerprint density at radius 1 is 1.05 bits per heavy atom. The van der Waals surface area contributed by atoms with Crippen LogP contribution < -0.4 is 9.64 Å². The van der Waals surface area contributed by atoms with Gasteiger partial charge in [0.15, 0.2) is 5.82 Å². The molecular formula is C41H45F4N7O3. The van der Waals surface area contributed by atoms with Crippen LogP contribution in [0.15, 0.2) is 30.5 Å². The fraction of sp³-hybridized carbons (Fsp3) is 0.488. The maximum absolute atomic E-state index is 17.7. The third-order valence-corrected chi connectivity index (χ3v) is 11.8. The Kier molecular flexibility index (Phi) is 9.54. The molecule has 14 heteroatoms. The second kappa shape index (κ2) is 14.1. The van der Waals surface area contributed by atoms with Gasteiger partial charge in [0.2, 0.25) is 0 Å². The molecule has 2 unspecified atom stereocenters. The van der Waals surface area contributed by atoms with Gasteiger partial charge in [-0.2, -0.15) is 15.1 Å². The molecule has 1 aliphatic carbocycles. The van der Waals surface area contributed by atoms with E-state index in [2.05, 4.69) is 20.7 Å². The summed E-state index contributed by atoms with van der Waals surface area (Å²) in [6.45, 7) is 7.90. The first-order valence-electron chi connectivity index (χ1n) is 18.9. The van der Waals surface area contributed by atoms with E-state index in [0.29, 0.717) is 41.7 Å². The molecule has 0 amide bonds. The number of alkyl halides is 2. The van der Waals surface area contributed by atoms with Crippen LogP contribution >= 0.6 is 0 Å². The summed E-state index contributed by atoms with van der Waals surface area (Å²) >= 11 is 0. The van der Waals surface area contributed by atoms with Crippen LogP contribution in [-0.4, -0.2) is 112 Å². The number of aryl methyl sites for hydroxylation is 1. The van der Waals surface area contributed by atoms with Crippen molar-refractivity contribution in [3.63, 3.8) is 0 Å². The van der Waals surface area contributed by atoms with Crippen LogP contribution in [0.5, 0.6) is 11.8 Å². The number of terminal acetylenes is 1. The fourth-order valence-electron chi connectivity index (χ4n) is 8.96. The first-order valence-corrected chi connectivity index (χ1v) is 18.9. The Bertz CT molecular complexity index is 2330. The Morgan fingerprint density at radius 2 is 1.78 bits per heavy atom. The van der Waals surface area contributed by atoms with Crippen LogP contribution in [0.2, 0.25) is 0 Å². The van der Waals surface area contributed by atoms with E-state index in [1.807, 2.05) is 18.7 Å². The van der Waals surface area contributed by atoms with Crippen molar-refractivity contribution in [3.05, 3.63) is 47.7 Å². The first kappa shape index (κ1) is 37.2. The van der Waals surface area contributed by atoms with Gasteiger partial charge in [0.1, 0.15) is 35.0 Å². The Hall–Kier alpha value is -4.71. The molecule has 2 aliphatic heterocycles. The molecule has 3 atom stereocenters. The molecular weight excluding hydrogens is 714 g/mol. The predicted molar refractivity (Wildman–Crippen MR) is 204 cm³/mol. The van der Waals surface area contributed by atoms with Gasteiger partial charge in [0.05, 0.1) is 16.4 Å². The lowest BCUT2D eigenvalue weighted by Crippen LogP contribution is -2.54. The number of phenols is 1. The zero-order valence-electron chi connectivity index (χ0n) is 31.5. The molecule has 10 nitrogen and oxygen atoms in total. The summed E-state index contributed by atoms with van der Waals surface area (Å²) in [6, 6.07) is 5.33. The molecule has 3 fully saturated rings. The maximum atomic E-state index is 17.7. The largest absolute Gasteiger partial charge is 0.508 e. The van der Waals surface area contributed by atoms with E-state index in [4.69, 9.17) is 26.0 Å². The van der Waals surface area contributed by atoms with Crippen LogP contribution in [0, 0.1) is 29.4 Å². The van der Waals surface area contributed by atoms with Crippen LogP contribution in [0.1, 0.15) is 45.1 Å². The SMILES string of the molecule is C#Cc1c(F)ccc2cc(O)cc(-c3c(F)c4nc(OC[C@]5(CN(CC)CC)CC5(F)F)nc(N5C6CCC5CN(CCCOC)C6)c4c4cn(C)nc34)c12. The maximum Gasteiger partial charge on any atom is 0.319 e. The number of anilines is 1. The van der Waals surface area contributed by atoms with E-state index in [1.54, 1.807) is 25.0 Å². The van der Waals surface area contributed by atoms with Crippen molar-refractivity contribution in [2.45, 2.75) is 57.5 Å². The molecule has 3 aliphatic rings. The highest BCUT2D eigenvalue weighted by molar-refractivity contribution is 6.18. The van der Waals surface area contributed by atoms with E-state index < -0.39 is 23.0 Å². The number of methoxy groups -OCH3 is 1. The number of hydrogen-bond donors (Lipinski definition) is 1. The number of halogens is 4. The van der Waals surface area contributed by atoms with Gasteiger partial charge in [0.25, 0.3) is 5.92 Å². The Balaban J connectivity index is 1.34. The van der Waals surface area contributed by atoms with Crippen LogP contribution in [0.3, 0.4) is 0 Å². The number of hydrogen-bond acceptors (Lipinski definition) is 9. The predicted octanol–water partition coefficient (Wildman–Crippen LogP) is 6.74. The van der Waals surface area contributed by atoms with Gasteiger partial charge >= 0.3 is 6.01 Å². The Morgan fingerprint density at radius 3 is 2.44 bits per heavy atom. The summed E-state index contributed by atoms with van der Waals surface area (Å²) in [5, 5.41) is 17.1. The number of rotatable bonds is 13. The van der Waals surface area contributed by atoms with E-state index in [1.165, 1.54) is 24.3 Å². The minimum absolute atomic E-state index is 0.0413. The number of aromatic nitrogens is 4. The van der Waals surface area contributed by atoms with Crippen molar-refractivity contribution in [2.24, 2.45) is 12.5 Å². The molecule has 8 rings (SSSR count). The van der Waals surface area contributed by atoms with Gasteiger partial charge < -0.3 is 24.4 Å². The fourth-order valence-corrected chi connectivity index (χ4v) is 8.96. The number of benzene rings is 3. The molecule has 1 saturated carbocycles. The number of fused-ring (bicyclic) bond motifs is 6. The number of phenolic OH excluding ortho intramolecular Hbond substituents is 1. The number of ether oxygens (including phenoxy) is 2. The average molecular weight is 760 g/mol. The highest BCUT2D eigenvalue weighted by atomic mass is 19.3. The summed E-state index contributed by atoms with van der Waals surface area (Å²) < 4.78 is 76.2. The van der Waals surface area contributed by atoms with E-state index in [0.717, 1.165) is 38.9 Å². The van der Waals surface area contributed by atoms with Crippen molar-refractivity contribution in [3.8, 4) is 35.2 Å². The van der Waals surface area contributed by atoms with Gasteiger partial charge in [-0.15, -0.1) is 6.42 Å². The molecule has 4 heterocycles. The minimum Gasteiger partial charge on any atom is -0.508 e. The quantitative estimate of drug-likeness (QED) is 0.0797. The van der Waals surface area contributed by atoms with Crippen molar-refractivity contribution in [1.82, 2.24) is 29.5 Å². The van der Waals surface area contributed by atoms with Crippen LogP contribution in [-0.2, 0) is 11.8 Å². The highest BCUT2D eigenvalue weighted by Gasteiger charge is 2.72.